The lowest BCUT2D eigenvalue weighted by Gasteiger charge is -2.17. The molecule has 2 atom stereocenters. The first-order chi connectivity index (χ1) is 14.4. The lowest BCUT2D eigenvalue weighted by molar-refractivity contribution is -0.118. The Morgan fingerprint density at radius 3 is 2.87 bits per heavy atom. The average molecular weight is 432 g/mol. The first-order valence-electron chi connectivity index (χ1n) is 9.36. The van der Waals surface area contributed by atoms with Gasteiger partial charge >= 0.3 is 0 Å². The van der Waals surface area contributed by atoms with Crippen LogP contribution >= 0.6 is 11.3 Å². The minimum atomic E-state index is -0.835. The molecular formula is C19H18F2N6O2S. The number of Topliss-reactive ketones (excluding diaryl/α,β-unsaturated/α-hetero) is 1. The Balaban J connectivity index is 1.33. The average Bonchev–Trinajstić information content (AvgIpc) is 3.46. The molecule has 0 fully saturated rings. The highest BCUT2D eigenvalue weighted by Crippen LogP contribution is 2.34. The maximum absolute atomic E-state index is 14.2. The fourth-order valence-corrected chi connectivity index (χ4v) is 4.11. The van der Waals surface area contributed by atoms with Crippen LogP contribution in [-0.2, 0) is 16.1 Å². The highest BCUT2D eigenvalue weighted by Gasteiger charge is 2.35. The number of H-pyrrole nitrogens is 1. The predicted octanol–water partition coefficient (Wildman–Crippen LogP) is 2.69. The van der Waals surface area contributed by atoms with Crippen LogP contribution in [0.5, 0.6) is 0 Å². The molecule has 1 amide bonds. The van der Waals surface area contributed by atoms with Crippen LogP contribution in [0.2, 0.25) is 0 Å². The second-order valence-electron chi connectivity index (χ2n) is 7.18. The summed E-state index contributed by atoms with van der Waals surface area (Å²) in [7, 11) is 0. The van der Waals surface area contributed by atoms with E-state index < -0.39 is 34.8 Å². The van der Waals surface area contributed by atoms with Crippen LogP contribution in [0.25, 0.3) is 10.7 Å². The van der Waals surface area contributed by atoms with E-state index in [0.29, 0.717) is 10.0 Å². The summed E-state index contributed by atoms with van der Waals surface area (Å²) in [4.78, 5) is 29.1. The quantitative estimate of drug-likeness (QED) is 0.729. The maximum atomic E-state index is 14.2. The summed E-state index contributed by atoms with van der Waals surface area (Å²) >= 11 is 1.30. The number of nitrogens with one attached hydrogen (secondary N) is 2. The summed E-state index contributed by atoms with van der Waals surface area (Å²) in [5, 5.41) is 18.6. The number of carbonyl (C=O) groups is 2. The van der Waals surface area contributed by atoms with Crippen molar-refractivity contribution in [3.63, 3.8) is 0 Å². The van der Waals surface area contributed by atoms with Gasteiger partial charge in [0.05, 0.1) is 17.8 Å². The van der Waals surface area contributed by atoms with Crippen LogP contribution in [0.1, 0.15) is 24.8 Å². The van der Waals surface area contributed by atoms with Gasteiger partial charge in [0.25, 0.3) is 5.91 Å². The van der Waals surface area contributed by atoms with Gasteiger partial charge in [-0.15, -0.1) is 10.2 Å². The molecule has 2 unspecified atom stereocenters. The number of aliphatic imine (C=N–C) groups is 1. The lowest BCUT2D eigenvalue weighted by atomic mass is 9.88. The molecule has 30 heavy (non-hydrogen) atoms. The number of nitrogens with zero attached hydrogens (tertiary/aromatic N) is 4. The summed E-state index contributed by atoms with van der Waals surface area (Å²) < 4.78 is 28.3. The molecule has 2 aromatic heterocycles. The van der Waals surface area contributed by atoms with Crippen LogP contribution in [-0.4, -0.2) is 44.3 Å². The minimum absolute atomic E-state index is 0.00218. The standard InChI is InChI=1S/C19H18F2N6O2S/c1-9-4-11(20)16(12(21)5-9)17(28)10-6-14(22-7-10)18(29)23-8-15-26-27-19(30-15)13-2-3-24-25-13/h2-4,9-10H,5-8H2,1H3,(H,23,29)(H,24,25). The molecule has 0 spiro atoms. The molecule has 2 aliphatic rings. The SMILES string of the molecule is CC1C=C(F)C(C(=O)C2CN=C(C(=O)NCc3nnc(-c4ccn[nH]4)s3)C2)=C(F)C1. The van der Waals surface area contributed by atoms with Crippen molar-refractivity contribution in [1.82, 2.24) is 25.7 Å². The summed E-state index contributed by atoms with van der Waals surface area (Å²) in [6.45, 7) is 1.86. The molecule has 0 bridgehead atoms. The Bertz CT molecular complexity index is 1070. The summed E-state index contributed by atoms with van der Waals surface area (Å²) in [6, 6.07) is 1.76. The van der Waals surface area contributed by atoms with Gasteiger partial charge in [0.15, 0.2) is 10.8 Å². The van der Waals surface area contributed by atoms with Crippen LogP contribution in [0.4, 0.5) is 8.78 Å². The van der Waals surface area contributed by atoms with Crippen molar-refractivity contribution in [2.24, 2.45) is 16.8 Å². The topological polar surface area (TPSA) is 113 Å². The van der Waals surface area contributed by atoms with E-state index in [1.54, 1.807) is 19.2 Å². The molecule has 1 aliphatic carbocycles. The van der Waals surface area contributed by atoms with Gasteiger partial charge in [-0.25, -0.2) is 8.78 Å². The number of hydrogen-bond donors (Lipinski definition) is 2. The molecule has 0 radical (unpaired) electrons. The summed E-state index contributed by atoms with van der Waals surface area (Å²) in [5.74, 6) is -3.70. The monoisotopic (exact) mass is 432 g/mol. The molecule has 2 N–H and O–H groups in total. The summed E-state index contributed by atoms with van der Waals surface area (Å²) in [6.07, 6.45) is 2.89. The molecule has 11 heteroatoms. The predicted molar refractivity (Wildman–Crippen MR) is 106 cm³/mol. The van der Waals surface area contributed by atoms with E-state index in [2.05, 4.69) is 30.7 Å². The van der Waals surface area contributed by atoms with Gasteiger partial charge < -0.3 is 5.32 Å². The van der Waals surface area contributed by atoms with Crippen molar-refractivity contribution in [3.8, 4) is 10.7 Å². The van der Waals surface area contributed by atoms with Crippen molar-refractivity contribution in [1.29, 1.82) is 0 Å². The minimum Gasteiger partial charge on any atom is -0.344 e. The molecule has 8 nitrogen and oxygen atoms in total. The largest absolute Gasteiger partial charge is 0.344 e. The van der Waals surface area contributed by atoms with Crippen molar-refractivity contribution in [3.05, 3.63) is 40.6 Å². The third kappa shape index (κ3) is 4.11. The molecule has 4 rings (SSSR count). The van der Waals surface area contributed by atoms with Crippen LogP contribution in [0.3, 0.4) is 0 Å². The smallest absolute Gasteiger partial charge is 0.265 e. The second kappa shape index (κ2) is 8.34. The normalized spacial score (nSPS) is 21.4. The van der Waals surface area contributed by atoms with Gasteiger partial charge in [0, 0.05) is 31.5 Å². The Labute approximate surface area is 174 Å². The first-order valence-corrected chi connectivity index (χ1v) is 10.2. The van der Waals surface area contributed by atoms with Gasteiger partial charge in [0.2, 0.25) is 0 Å². The number of aromatic nitrogens is 4. The zero-order valence-electron chi connectivity index (χ0n) is 16.0. The van der Waals surface area contributed by atoms with E-state index in [4.69, 9.17) is 0 Å². The number of ketones is 1. The Morgan fingerprint density at radius 2 is 2.13 bits per heavy atom. The highest BCUT2D eigenvalue weighted by molar-refractivity contribution is 7.14. The van der Waals surface area contributed by atoms with Crippen molar-refractivity contribution in [2.45, 2.75) is 26.3 Å². The highest BCUT2D eigenvalue weighted by atomic mass is 32.1. The van der Waals surface area contributed by atoms with E-state index in [1.165, 1.54) is 17.4 Å². The number of carbonyl (C=O) groups excluding carboxylic acids is 2. The number of rotatable bonds is 6. The zero-order chi connectivity index (χ0) is 21.3. The fraction of sp³-hybridized carbons (Fsp3) is 0.368. The van der Waals surface area contributed by atoms with Crippen LogP contribution < -0.4 is 5.32 Å². The van der Waals surface area contributed by atoms with Crippen LogP contribution in [0, 0.1) is 11.8 Å². The van der Waals surface area contributed by atoms with E-state index in [0.717, 1.165) is 5.69 Å². The third-order valence-corrected chi connectivity index (χ3v) is 5.82. The number of hydrogen-bond acceptors (Lipinski definition) is 7. The first kappa shape index (κ1) is 20.2. The van der Waals surface area contributed by atoms with Crippen molar-refractivity contribution >= 4 is 28.7 Å². The lowest BCUT2D eigenvalue weighted by Crippen LogP contribution is -2.31. The molecule has 0 aromatic carbocycles. The second-order valence-corrected chi connectivity index (χ2v) is 8.24. The molecule has 3 heterocycles. The maximum Gasteiger partial charge on any atom is 0.265 e. The molecule has 156 valence electrons. The summed E-state index contributed by atoms with van der Waals surface area (Å²) in [5.41, 5.74) is 0.405. The van der Waals surface area contributed by atoms with E-state index in [1.807, 2.05) is 0 Å². The molecular weight excluding hydrogens is 414 g/mol. The number of halogens is 2. The van der Waals surface area contributed by atoms with Crippen molar-refractivity contribution in [2.75, 3.05) is 6.54 Å². The van der Waals surface area contributed by atoms with Crippen LogP contribution in [0.15, 0.2) is 40.6 Å². The number of aromatic amines is 1. The van der Waals surface area contributed by atoms with Gasteiger partial charge in [-0.2, -0.15) is 5.10 Å². The molecule has 0 saturated heterocycles. The zero-order valence-corrected chi connectivity index (χ0v) is 16.8. The molecule has 2 aromatic rings. The van der Waals surface area contributed by atoms with E-state index in [9.17, 15) is 18.4 Å². The van der Waals surface area contributed by atoms with Crippen molar-refractivity contribution < 1.29 is 18.4 Å². The van der Waals surface area contributed by atoms with Gasteiger partial charge in [-0.05, 0) is 18.1 Å². The molecule has 1 aliphatic heterocycles. The fourth-order valence-electron chi connectivity index (χ4n) is 3.35. The van der Waals surface area contributed by atoms with Gasteiger partial charge in [0.1, 0.15) is 22.4 Å². The van der Waals surface area contributed by atoms with E-state index in [-0.39, 0.29) is 37.6 Å². The number of amides is 1. The van der Waals surface area contributed by atoms with Gasteiger partial charge in [-0.3, -0.25) is 19.7 Å². The Morgan fingerprint density at radius 1 is 1.30 bits per heavy atom. The third-order valence-electron chi connectivity index (χ3n) is 4.86. The van der Waals surface area contributed by atoms with Gasteiger partial charge in [-0.1, -0.05) is 18.3 Å². The number of allylic oxidation sites excluding steroid dienone is 4. The Hall–Kier alpha value is -3.08. The molecule has 0 saturated carbocycles. The Kier molecular flexibility index (Phi) is 5.62. The van der Waals surface area contributed by atoms with E-state index >= 15 is 0 Å².